The molecule has 1 atom stereocenters. The molecule has 1 aromatic heterocycles. The Kier molecular flexibility index (Phi) is 7.71. The second-order valence-electron chi connectivity index (χ2n) is 8.87. The maximum absolute atomic E-state index is 10.6. The van der Waals surface area contributed by atoms with E-state index in [0.717, 1.165) is 29.7 Å². The van der Waals surface area contributed by atoms with Crippen LogP contribution in [-0.2, 0) is 18.3 Å². The average molecular weight is 470 g/mol. The van der Waals surface area contributed by atoms with Gasteiger partial charge in [-0.1, -0.05) is 41.9 Å². The van der Waals surface area contributed by atoms with E-state index in [4.69, 9.17) is 26.2 Å². The van der Waals surface area contributed by atoms with Crippen molar-refractivity contribution in [2.24, 2.45) is 7.05 Å². The summed E-state index contributed by atoms with van der Waals surface area (Å²) in [5.74, 6) is 1.39. The van der Waals surface area contributed by atoms with Gasteiger partial charge in [-0.15, -0.1) is 0 Å². The predicted molar refractivity (Wildman–Crippen MR) is 131 cm³/mol. The molecule has 1 aliphatic carbocycles. The van der Waals surface area contributed by atoms with Gasteiger partial charge in [0.05, 0.1) is 24.4 Å². The minimum Gasteiger partial charge on any atom is -0.439 e. The van der Waals surface area contributed by atoms with Crippen molar-refractivity contribution in [2.45, 2.75) is 51.5 Å². The monoisotopic (exact) mass is 469 g/mol. The van der Waals surface area contributed by atoms with E-state index in [1.807, 2.05) is 63.4 Å². The van der Waals surface area contributed by atoms with Crippen LogP contribution >= 0.6 is 11.6 Å². The van der Waals surface area contributed by atoms with Crippen molar-refractivity contribution in [1.82, 2.24) is 14.7 Å². The van der Waals surface area contributed by atoms with Crippen molar-refractivity contribution in [3.63, 3.8) is 0 Å². The first-order valence-electron chi connectivity index (χ1n) is 11.5. The predicted octanol–water partition coefficient (Wildman–Crippen LogP) is 5.28. The van der Waals surface area contributed by atoms with E-state index in [0.29, 0.717) is 42.4 Å². The molecule has 176 valence electrons. The largest absolute Gasteiger partial charge is 0.439 e. The summed E-state index contributed by atoms with van der Waals surface area (Å²) in [5, 5.41) is 16.1. The Morgan fingerprint density at radius 2 is 1.82 bits per heavy atom. The van der Waals surface area contributed by atoms with Crippen molar-refractivity contribution < 1.29 is 14.6 Å². The third-order valence-corrected chi connectivity index (χ3v) is 5.91. The summed E-state index contributed by atoms with van der Waals surface area (Å²) in [4.78, 5) is 2.33. The van der Waals surface area contributed by atoms with Gasteiger partial charge in [-0.2, -0.15) is 5.10 Å². The minimum absolute atomic E-state index is 0.0939. The lowest BCUT2D eigenvalue weighted by atomic mass is 10.1. The lowest BCUT2D eigenvalue weighted by Gasteiger charge is -2.26. The van der Waals surface area contributed by atoms with E-state index < -0.39 is 6.10 Å². The summed E-state index contributed by atoms with van der Waals surface area (Å²) >= 11 is 6.05. The number of benzene rings is 2. The van der Waals surface area contributed by atoms with E-state index in [1.165, 1.54) is 0 Å². The van der Waals surface area contributed by atoms with Crippen LogP contribution in [0.1, 0.15) is 32.3 Å². The lowest BCUT2D eigenvalue weighted by Crippen LogP contribution is -2.36. The maximum Gasteiger partial charge on any atom is 0.222 e. The Labute approximate surface area is 200 Å². The number of hydrogen-bond donors (Lipinski definition) is 1. The van der Waals surface area contributed by atoms with Crippen LogP contribution in [0.15, 0.2) is 54.6 Å². The smallest absolute Gasteiger partial charge is 0.222 e. The number of hydrogen-bond acceptors (Lipinski definition) is 5. The molecule has 0 bridgehead atoms. The number of aromatic nitrogens is 2. The van der Waals surface area contributed by atoms with Crippen molar-refractivity contribution in [3.8, 4) is 22.9 Å². The fourth-order valence-electron chi connectivity index (χ4n) is 3.88. The first-order chi connectivity index (χ1) is 15.9. The molecule has 33 heavy (non-hydrogen) atoms. The van der Waals surface area contributed by atoms with E-state index in [9.17, 15) is 5.11 Å². The standard InChI is InChI=1S/C26H32ClN3O3/c1-18(2)32-17-22(31)15-30(21-11-12-21)16-24-25(19-7-5-4-6-8-19)28-29(3)26(24)33-23-13-9-20(27)10-14-23/h4-10,13-14,18,21-22,31H,11-12,15-17H2,1-3H3/t22-/m1/s1. The fourth-order valence-corrected chi connectivity index (χ4v) is 4.00. The Balaban J connectivity index is 1.64. The van der Waals surface area contributed by atoms with Crippen LogP contribution in [0.3, 0.4) is 0 Å². The highest BCUT2D eigenvalue weighted by molar-refractivity contribution is 6.30. The number of aliphatic hydroxyl groups is 1. The summed E-state index contributed by atoms with van der Waals surface area (Å²) in [7, 11) is 1.90. The van der Waals surface area contributed by atoms with Crippen LogP contribution in [0.25, 0.3) is 11.3 Å². The first-order valence-corrected chi connectivity index (χ1v) is 11.9. The zero-order valence-corrected chi connectivity index (χ0v) is 20.2. The third kappa shape index (κ3) is 6.36. The van der Waals surface area contributed by atoms with Crippen molar-refractivity contribution in [2.75, 3.05) is 13.2 Å². The topological polar surface area (TPSA) is 59.8 Å². The second-order valence-corrected chi connectivity index (χ2v) is 9.31. The van der Waals surface area contributed by atoms with Gasteiger partial charge < -0.3 is 14.6 Å². The molecule has 1 aliphatic rings. The molecule has 4 rings (SSSR count). The third-order valence-electron chi connectivity index (χ3n) is 5.65. The SMILES string of the molecule is CC(C)OC[C@H](O)CN(Cc1c(-c2ccccc2)nn(C)c1Oc1ccc(Cl)cc1)C1CC1. The van der Waals surface area contributed by atoms with Gasteiger partial charge in [-0.05, 0) is 51.0 Å². The van der Waals surface area contributed by atoms with Gasteiger partial charge in [0.1, 0.15) is 11.4 Å². The molecule has 0 aliphatic heterocycles. The number of aryl methyl sites for hydroxylation is 1. The van der Waals surface area contributed by atoms with E-state index in [-0.39, 0.29) is 6.10 Å². The number of rotatable bonds is 11. The van der Waals surface area contributed by atoms with Crippen LogP contribution in [0, 0.1) is 0 Å². The van der Waals surface area contributed by atoms with Crippen LogP contribution < -0.4 is 4.74 Å². The Morgan fingerprint density at radius 3 is 2.45 bits per heavy atom. The summed E-state index contributed by atoms with van der Waals surface area (Å²) < 4.78 is 13.7. The van der Waals surface area contributed by atoms with Crippen LogP contribution in [-0.4, -0.2) is 51.2 Å². The van der Waals surface area contributed by atoms with Gasteiger partial charge in [0.15, 0.2) is 0 Å². The summed E-state index contributed by atoms with van der Waals surface area (Å²) in [6.07, 6.45) is 1.81. The molecule has 1 fully saturated rings. The Morgan fingerprint density at radius 1 is 1.12 bits per heavy atom. The molecule has 2 aromatic carbocycles. The molecule has 0 radical (unpaired) electrons. The lowest BCUT2D eigenvalue weighted by molar-refractivity contribution is -0.0107. The van der Waals surface area contributed by atoms with Crippen molar-refractivity contribution in [1.29, 1.82) is 0 Å². The van der Waals surface area contributed by atoms with E-state index >= 15 is 0 Å². The Bertz CT molecular complexity index is 1030. The van der Waals surface area contributed by atoms with E-state index in [2.05, 4.69) is 17.0 Å². The van der Waals surface area contributed by atoms with Crippen LogP contribution in [0.4, 0.5) is 0 Å². The molecule has 0 spiro atoms. The maximum atomic E-state index is 10.6. The van der Waals surface area contributed by atoms with Crippen LogP contribution in [0.2, 0.25) is 5.02 Å². The molecule has 6 nitrogen and oxygen atoms in total. The Hall–Kier alpha value is -2.38. The highest BCUT2D eigenvalue weighted by Crippen LogP contribution is 2.37. The van der Waals surface area contributed by atoms with Gasteiger partial charge in [-0.25, -0.2) is 4.68 Å². The normalized spacial score (nSPS) is 14.8. The van der Waals surface area contributed by atoms with Gasteiger partial charge in [0, 0.05) is 36.8 Å². The highest BCUT2D eigenvalue weighted by Gasteiger charge is 2.33. The summed E-state index contributed by atoms with van der Waals surface area (Å²) in [6.45, 7) is 5.46. The van der Waals surface area contributed by atoms with Gasteiger partial charge in [0.25, 0.3) is 0 Å². The average Bonchev–Trinajstić information content (AvgIpc) is 3.60. The fraction of sp³-hybridized carbons (Fsp3) is 0.423. The second kappa shape index (κ2) is 10.7. The van der Waals surface area contributed by atoms with Crippen molar-refractivity contribution >= 4 is 11.6 Å². The number of aliphatic hydroxyl groups excluding tert-OH is 1. The first kappa shape index (κ1) is 23.8. The molecule has 3 aromatic rings. The highest BCUT2D eigenvalue weighted by atomic mass is 35.5. The molecule has 0 amide bonds. The van der Waals surface area contributed by atoms with Gasteiger partial charge in [0.2, 0.25) is 5.88 Å². The number of halogens is 1. The van der Waals surface area contributed by atoms with E-state index in [1.54, 1.807) is 4.68 Å². The summed E-state index contributed by atoms with van der Waals surface area (Å²) in [5.41, 5.74) is 2.93. The molecule has 1 heterocycles. The number of nitrogens with zero attached hydrogens (tertiary/aromatic N) is 3. The van der Waals surface area contributed by atoms with Crippen LogP contribution in [0.5, 0.6) is 11.6 Å². The van der Waals surface area contributed by atoms with Gasteiger partial charge >= 0.3 is 0 Å². The minimum atomic E-state index is -0.550. The quantitative estimate of drug-likeness (QED) is 0.414. The molecule has 7 heteroatoms. The van der Waals surface area contributed by atoms with Gasteiger partial charge in [-0.3, -0.25) is 4.90 Å². The molecule has 1 saturated carbocycles. The molecule has 0 unspecified atom stereocenters. The molecular formula is C26H32ClN3O3. The molecule has 0 saturated heterocycles. The summed E-state index contributed by atoms with van der Waals surface area (Å²) in [6, 6.07) is 17.9. The number of ether oxygens (including phenoxy) is 2. The zero-order chi connectivity index (χ0) is 23.4. The molecular weight excluding hydrogens is 438 g/mol. The molecule has 1 N–H and O–H groups in total. The van der Waals surface area contributed by atoms with Crippen molar-refractivity contribution in [3.05, 3.63) is 65.2 Å². The zero-order valence-electron chi connectivity index (χ0n) is 19.4.